The first kappa shape index (κ1) is 46.4. The lowest BCUT2D eigenvalue weighted by Crippen LogP contribution is -2.46. The lowest BCUT2D eigenvalue weighted by molar-refractivity contribution is -0.125. The second-order valence-corrected chi connectivity index (χ2v) is 15.0. The molecular weight excluding hydrogens is 582 g/mol. The fourth-order valence-corrected chi connectivity index (χ4v) is 6.88. The number of carbonyl (C=O) groups excluding carboxylic acids is 1. The van der Waals surface area contributed by atoms with Gasteiger partial charge in [0.05, 0.1) is 31.3 Å². The van der Waals surface area contributed by atoms with Crippen molar-refractivity contribution in [2.75, 3.05) is 6.61 Å². The molecule has 0 aliphatic rings. The van der Waals surface area contributed by atoms with E-state index in [0.717, 1.165) is 25.7 Å². The minimum atomic E-state index is -0.742. The van der Waals surface area contributed by atoms with Crippen LogP contribution in [-0.2, 0) is 4.79 Å². The predicted molar refractivity (Wildman–Crippen MR) is 204 cm³/mol. The summed E-state index contributed by atoms with van der Waals surface area (Å²) in [5.74, 6) is -0.283. The average Bonchev–Trinajstić information content (AvgIpc) is 3.06. The Hall–Kier alpha value is -0.650. The lowest BCUT2D eigenvalue weighted by atomic mass is 10.0. The fraction of sp³-hybridized carbons (Fsp3) is 0.976. The summed E-state index contributed by atoms with van der Waals surface area (Å²) in [7, 11) is 0. The monoisotopic (exact) mass is 668 g/mol. The minimum Gasteiger partial charge on any atom is -0.394 e. The predicted octanol–water partition coefficient (Wildman–Crippen LogP) is 11.9. The van der Waals surface area contributed by atoms with Gasteiger partial charge in [0, 0.05) is 0 Å². The Morgan fingerprint density at radius 3 is 1.02 bits per heavy atom. The third-order valence-electron chi connectivity index (χ3n) is 10.2. The van der Waals surface area contributed by atoms with Crippen LogP contribution in [0.1, 0.15) is 239 Å². The molecule has 0 heterocycles. The van der Waals surface area contributed by atoms with Gasteiger partial charge in [-0.05, 0) is 12.8 Å². The number of unbranched alkanes of at least 4 members (excludes halogenated alkanes) is 30. The van der Waals surface area contributed by atoms with Gasteiger partial charge in [-0.3, -0.25) is 4.79 Å². The molecule has 0 aromatic rings. The van der Waals surface area contributed by atoms with Gasteiger partial charge in [0.2, 0.25) is 5.91 Å². The third kappa shape index (κ3) is 35.0. The highest BCUT2D eigenvalue weighted by molar-refractivity contribution is 5.76. The Bertz CT molecular complexity index is 615. The number of amides is 1. The summed E-state index contributed by atoms with van der Waals surface area (Å²) in [5.41, 5.74) is 0. The molecule has 0 saturated heterocycles. The van der Waals surface area contributed by atoms with Crippen LogP contribution in [-0.4, -0.2) is 46.1 Å². The first-order valence-electron chi connectivity index (χ1n) is 21.3. The Kier molecular flexibility index (Phi) is 37.6. The van der Waals surface area contributed by atoms with E-state index in [-0.39, 0.29) is 18.9 Å². The highest BCUT2D eigenvalue weighted by atomic mass is 16.3. The molecule has 0 saturated carbocycles. The SMILES string of the molecule is CCCCCCCCCCCCCCCCCCCCCCCCCCC(O)C(CO)NC(=O)CC(O)CCCCCCCCCC. The van der Waals surface area contributed by atoms with Crippen molar-refractivity contribution in [2.24, 2.45) is 0 Å². The number of hydrogen-bond acceptors (Lipinski definition) is 4. The Morgan fingerprint density at radius 1 is 0.447 bits per heavy atom. The van der Waals surface area contributed by atoms with Gasteiger partial charge in [-0.25, -0.2) is 0 Å². The molecule has 3 atom stereocenters. The molecule has 0 bridgehead atoms. The maximum absolute atomic E-state index is 12.4. The number of aliphatic hydroxyl groups is 3. The van der Waals surface area contributed by atoms with Crippen LogP contribution in [0.4, 0.5) is 0 Å². The van der Waals surface area contributed by atoms with Crippen LogP contribution in [0.3, 0.4) is 0 Å². The molecule has 3 unspecified atom stereocenters. The first-order valence-corrected chi connectivity index (χ1v) is 21.3. The summed E-state index contributed by atoms with van der Waals surface area (Å²) in [6.07, 6.45) is 42.3. The average molecular weight is 668 g/mol. The quantitative estimate of drug-likeness (QED) is 0.0491. The van der Waals surface area contributed by atoms with E-state index in [2.05, 4.69) is 19.2 Å². The largest absolute Gasteiger partial charge is 0.394 e. The van der Waals surface area contributed by atoms with Crippen LogP contribution in [0, 0.1) is 0 Å². The topological polar surface area (TPSA) is 89.8 Å². The zero-order valence-electron chi connectivity index (χ0n) is 31.9. The van der Waals surface area contributed by atoms with E-state index in [1.807, 2.05) is 0 Å². The van der Waals surface area contributed by atoms with E-state index in [9.17, 15) is 20.1 Å². The summed E-state index contributed by atoms with van der Waals surface area (Å²) in [6, 6.07) is -0.651. The van der Waals surface area contributed by atoms with Crippen molar-refractivity contribution in [1.82, 2.24) is 5.32 Å². The molecule has 0 rings (SSSR count). The minimum absolute atomic E-state index is 0.0409. The van der Waals surface area contributed by atoms with Gasteiger partial charge in [-0.2, -0.15) is 0 Å². The molecule has 0 spiro atoms. The smallest absolute Gasteiger partial charge is 0.222 e. The van der Waals surface area contributed by atoms with Crippen molar-refractivity contribution < 1.29 is 20.1 Å². The van der Waals surface area contributed by atoms with E-state index >= 15 is 0 Å². The van der Waals surface area contributed by atoms with E-state index in [1.165, 1.54) is 180 Å². The van der Waals surface area contributed by atoms with Crippen molar-refractivity contribution in [2.45, 2.75) is 257 Å². The molecule has 0 aliphatic heterocycles. The summed E-state index contributed by atoms with van der Waals surface area (Å²) < 4.78 is 0. The van der Waals surface area contributed by atoms with Gasteiger partial charge in [0.1, 0.15) is 0 Å². The van der Waals surface area contributed by atoms with Gasteiger partial charge >= 0.3 is 0 Å². The fourth-order valence-electron chi connectivity index (χ4n) is 6.88. The highest BCUT2D eigenvalue weighted by Crippen LogP contribution is 2.17. The molecule has 0 fully saturated rings. The summed E-state index contributed by atoms with van der Waals surface area (Å²) in [5, 5.41) is 33.2. The first-order chi connectivity index (χ1) is 23.0. The molecule has 5 nitrogen and oxygen atoms in total. The molecule has 47 heavy (non-hydrogen) atoms. The number of hydrogen-bond donors (Lipinski definition) is 4. The number of nitrogens with one attached hydrogen (secondary N) is 1. The maximum Gasteiger partial charge on any atom is 0.222 e. The molecule has 0 aromatic heterocycles. The zero-order chi connectivity index (χ0) is 34.5. The van der Waals surface area contributed by atoms with Crippen LogP contribution in [0.5, 0.6) is 0 Å². The van der Waals surface area contributed by atoms with Crippen molar-refractivity contribution in [3.63, 3.8) is 0 Å². The number of carbonyl (C=O) groups is 1. The van der Waals surface area contributed by atoms with Crippen molar-refractivity contribution in [3.05, 3.63) is 0 Å². The van der Waals surface area contributed by atoms with Crippen LogP contribution >= 0.6 is 0 Å². The molecular formula is C42H85NO4. The highest BCUT2D eigenvalue weighted by Gasteiger charge is 2.21. The van der Waals surface area contributed by atoms with Gasteiger partial charge in [0.15, 0.2) is 0 Å². The van der Waals surface area contributed by atoms with E-state index in [1.54, 1.807) is 0 Å². The van der Waals surface area contributed by atoms with Crippen molar-refractivity contribution in [1.29, 1.82) is 0 Å². The van der Waals surface area contributed by atoms with Gasteiger partial charge in [-0.1, -0.05) is 219 Å². The van der Waals surface area contributed by atoms with E-state index < -0.39 is 18.2 Å². The van der Waals surface area contributed by atoms with Crippen LogP contribution in [0.25, 0.3) is 0 Å². The number of aliphatic hydroxyl groups excluding tert-OH is 3. The molecule has 0 aliphatic carbocycles. The van der Waals surface area contributed by atoms with Gasteiger partial charge < -0.3 is 20.6 Å². The summed E-state index contributed by atoms with van der Waals surface area (Å²) in [4.78, 5) is 12.4. The maximum atomic E-state index is 12.4. The Labute approximate surface area is 294 Å². The van der Waals surface area contributed by atoms with Crippen LogP contribution in [0.15, 0.2) is 0 Å². The summed E-state index contributed by atoms with van der Waals surface area (Å²) in [6.45, 7) is 4.24. The zero-order valence-corrected chi connectivity index (χ0v) is 31.9. The molecule has 282 valence electrons. The standard InChI is InChI=1S/C42H85NO4/c1-3-5-7-9-11-13-14-15-16-17-18-19-20-21-22-23-24-25-26-27-28-30-32-34-36-41(46)40(38-44)43-42(47)37-39(45)35-33-31-29-12-10-8-6-4-2/h39-41,44-46H,3-38H2,1-2H3,(H,43,47). The summed E-state index contributed by atoms with van der Waals surface area (Å²) >= 11 is 0. The number of rotatable bonds is 39. The molecule has 0 radical (unpaired) electrons. The lowest BCUT2D eigenvalue weighted by Gasteiger charge is -2.23. The van der Waals surface area contributed by atoms with Crippen LogP contribution in [0.2, 0.25) is 0 Å². The Morgan fingerprint density at radius 2 is 0.723 bits per heavy atom. The van der Waals surface area contributed by atoms with E-state index in [0.29, 0.717) is 12.8 Å². The van der Waals surface area contributed by atoms with Gasteiger partial charge in [0.25, 0.3) is 0 Å². The Balaban J connectivity index is 3.50. The second kappa shape index (κ2) is 38.2. The molecule has 1 amide bonds. The van der Waals surface area contributed by atoms with Crippen LogP contribution < -0.4 is 5.32 Å². The van der Waals surface area contributed by atoms with Crippen molar-refractivity contribution in [3.8, 4) is 0 Å². The molecule has 4 N–H and O–H groups in total. The molecule has 5 heteroatoms. The van der Waals surface area contributed by atoms with Crippen molar-refractivity contribution >= 4 is 5.91 Å². The third-order valence-corrected chi connectivity index (χ3v) is 10.2. The second-order valence-electron chi connectivity index (χ2n) is 15.0. The van der Waals surface area contributed by atoms with E-state index in [4.69, 9.17) is 0 Å². The molecule has 0 aromatic carbocycles. The normalized spacial score (nSPS) is 13.6. The van der Waals surface area contributed by atoms with Gasteiger partial charge in [-0.15, -0.1) is 0 Å².